The fraction of sp³-hybridized carbons (Fsp3) is 0.333. The Balaban J connectivity index is 0.000000921. The SMILES string of the molecule is C/C=C\c1ccccc1/C(C)=C\C.CC. The van der Waals surface area contributed by atoms with Crippen LogP contribution in [0.4, 0.5) is 0 Å². The zero-order chi connectivity index (χ0) is 11.7. The van der Waals surface area contributed by atoms with Gasteiger partial charge >= 0.3 is 0 Å². The number of hydrogen-bond acceptors (Lipinski definition) is 0. The molecule has 0 saturated heterocycles. The highest BCUT2D eigenvalue weighted by Crippen LogP contribution is 2.19. The second-order valence-corrected chi connectivity index (χ2v) is 3.06. The Morgan fingerprint density at radius 1 is 1.07 bits per heavy atom. The first-order chi connectivity index (χ1) is 7.29. The molecule has 0 bridgehead atoms. The van der Waals surface area contributed by atoms with E-state index >= 15 is 0 Å². The molecule has 0 radical (unpaired) electrons. The highest BCUT2D eigenvalue weighted by Gasteiger charge is 1.98. The van der Waals surface area contributed by atoms with Gasteiger partial charge in [-0.15, -0.1) is 0 Å². The molecule has 0 aliphatic rings. The average Bonchev–Trinajstić information content (AvgIpc) is 2.32. The minimum absolute atomic E-state index is 1.29. The van der Waals surface area contributed by atoms with Crippen LogP contribution in [0.25, 0.3) is 11.6 Å². The summed E-state index contributed by atoms with van der Waals surface area (Å²) in [6, 6.07) is 8.45. The summed E-state index contributed by atoms with van der Waals surface area (Å²) in [7, 11) is 0. The van der Waals surface area contributed by atoms with Gasteiger partial charge in [-0.3, -0.25) is 0 Å². The van der Waals surface area contributed by atoms with Crippen LogP contribution < -0.4 is 0 Å². The molecule has 0 fully saturated rings. The van der Waals surface area contributed by atoms with Crippen molar-refractivity contribution in [3.05, 3.63) is 47.5 Å². The van der Waals surface area contributed by atoms with Crippen LogP contribution in [0.3, 0.4) is 0 Å². The van der Waals surface area contributed by atoms with E-state index in [4.69, 9.17) is 0 Å². The summed E-state index contributed by atoms with van der Waals surface area (Å²) in [5, 5.41) is 0. The van der Waals surface area contributed by atoms with Crippen LogP contribution in [0.2, 0.25) is 0 Å². The molecule has 1 aromatic rings. The number of hydrogen-bond donors (Lipinski definition) is 0. The van der Waals surface area contributed by atoms with E-state index in [1.54, 1.807) is 0 Å². The van der Waals surface area contributed by atoms with Crippen LogP contribution in [0.1, 0.15) is 45.7 Å². The van der Waals surface area contributed by atoms with E-state index in [9.17, 15) is 0 Å². The predicted octanol–water partition coefficient (Wildman–Crippen LogP) is 5.17. The van der Waals surface area contributed by atoms with Crippen LogP contribution >= 0.6 is 0 Å². The Morgan fingerprint density at radius 3 is 2.20 bits per heavy atom. The first-order valence-corrected chi connectivity index (χ1v) is 5.64. The van der Waals surface area contributed by atoms with E-state index in [0.717, 1.165) is 0 Å². The zero-order valence-electron chi connectivity index (χ0n) is 10.5. The van der Waals surface area contributed by atoms with E-state index in [0.29, 0.717) is 0 Å². The quantitative estimate of drug-likeness (QED) is 0.620. The summed E-state index contributed by atoms with van der Waals surface area (Å²) >= 11 is 0. The van der Waals surface area contributed by atoms with Gasteiger partial charge < -0.3 is 0 Å². The van der Waals surface area contributed by atoms with Gasteiger partial charge in [0.2, 0.25) is 0 Å². The van der Waals surface area contributed by atoms with Gasteiger partial charge in [-0.25, -0.2) is 0 Å². The third-order valence-corrected chi connectivity index (χ3v) is 2.16. The van der Waals surface area contributed by atoms with E-state index in [-0.39, 0.29) is 0 Å². The van der Waals surface area contributed by atoms with Crippen molar-refractivity contribution in [3.8, 4) is 0 Å². The van der Waals surface area contributed by atoms with Crippen molar-refractivity contribution < 1.29 is 0 Å². The van der Waals surface area contributed by atoms with Crippen molar-refractivity contribution in [2.75, 3.05) is 0 Å². The topological polar surface area (TPSA) is 0 Å². The molecule has 0 spiro atoms. The van der Waals surface area contributed by atoms with E-state index in [1.165, 1.54) is 16.7 Å². The highest BCUT2D eigenvalue weighted by molar-refractivity contribution is 5.72. The lowest BCUT2D eigenvalue weighted by Gasteiger charge is -2.05. The van der Waals surface area contributed by atoms with Crippen molar-refractivity contribution in [1.82, 2.24) is 0 Å². The molecule has 0 N–H and O–H groups in total. The van der Waals surface area contributed by atoms with Crippen molar-refractivity contribution >= 4 is 11.6 Å². The number of rotatable bonds is 2. The van der Waals surface area contributed by atoms with Crippen LogP contribution in [-0.2, 0) is 0 Å². The standard InChI is InChI=1S/C13H16.C2H6/c1-4-8-12-9-6-7-10-13(12)11(3)5-2;1-2/h4-10H,1-3H3;1-2H3/b8-4-,11-5-;. The third-order valence-electron chi connectivity index (χ3n) is 2.16. The average molecular weight is 202 g/mol. The minimum atomic E-state index is 1.29. The molecule has 0 atom stereocenters. The molecule has 1 rings (SSSR count). The Hall–Kier alpha value is -1.30. The van der Waals surface area contributed by atoms with Gasteiger partial charge in [0.1, 0.15) is 0 Å². The van der Waals surface area contributed by atoms with Crippen LogP contribution in [0.15, 0.2) is 36.4 Å². The van der Waals surface area contributed by atoms with Crippen LogP contribution in [0, 0.1) is 0 Å². The highest BCUT2D eigenvalue weighted by atomic mass is 14.0. The van der Waals surface area contributed by atoms with Crippen LogP contribution in [-0.4, -0.2) is 0 Å². The summed E-state index contributed by atoms with van der Waals surface area (Å²) < 4.78 is 0. The molecule has 15 heavy (non-hydrogen) atoms. The molecule has 0 heteroatoms. The van der Waals surface area contributed by atoms with Gasteiger partial charge in [-0.1, -0.05) is 56.3 Å². The van der Waals surface area contributed by atoms with Crippen LogP contribution in [0.5, 0.6) is 0 Å². The second-order valence-electron chi connectivity index (χ2n) is 3.06. The molecule has 0 saturated carbocycles. The second kappa shape index (κ2) is 8.05. The number of benzene rings is 1. The molecule has 1 aromatic carbocycles. The van der Waals surface area contributed by atoms with Crippen molar-refractivity contribution in [2.24, 2.45) is 0 Å². The monoisotopic (exact) mass is 202 g/mol. The Kier molecular flexibility index (Phi) is 7.35. The molecule has 0 aliphatic carbocycles. The summed E-state index contributed by atoms with van der Waals surface area (Å²) in [5.41, 5.74) is 3.94. The maximum atomic E-state index is 2.16. The predicted molar refractivity (Wildman–Crippen MR) is 71.8 cm³/mol. The van der Waals surface area contributed by atoms with Gasteiger partial charge in [0.25, 0.3) is 0 Å². The summed E-state index contributed by atoms with van der Waals surface area (Å²) in [6.07, 6.45) is 6.35. The first kappa shape index (κ1) is 13.7. The molecule has 0 amide bonds. The normalized spacial score (nSPS) is 11.1. The fourth-order valence-electron chi connectivity index (χ4n) is 1.34. The van der Waals surface area contributed by atoms with Crippen molar-refractivity contribution in [1.29, 1.82) is 0 Å². The molecular formula is C15H22. The Labute approximate surface area is 94.3 Å². The van der Waals surface area contributed by atoms with Gasteiger partial charge in [0.05, 0.1) is 0 Å². The van der Waals surface area contributed by atoms with Gasteiger partial charge in [0, 0.05) is 0 Å². The van der Waals surface area contributed by atoms with E-state index in [1.807, 2.05) is 20.8 Å². The first-order valence-electron chi connectivity index (χ1n) is 5.64. The van der Waals surface area contributed by atoms with Gasteiger partial charge in [-0.05, 0) is 37.5 Å². The Bertz CT molecular complexity index is 330. The minimum Gasteiger partial charge on any atom is -0.0870 e. The Morgan fingerprint density at radius 2 is 1.67 bits per heavy atom. The molecule has 82 valence electrons. The zero-order valence-corrected chi connectivity index (χ0v) is 10.5. The lowest BCUT2D eigenvalue weighted by Crippen LogP contribution is -1.83. The van der Waals surface area contributed by atoms with Crippen molar-refractivity contribution in [3.63, 3.8) is 0 Å². The molecule has 0 unspecified atom stereocenters. The molecule has 0 aromatic heterocycles. The van der Waals surface area contributed by atoms with Gasteiger partial charge in [-0.2, -0.15) is 0 Å². The van der Waals surface area contributed by atoms with Crippen molar-refractivity contribution in [2.45, 2.75) is 34.6 Å². The lowest BCUT2D eigenvalue weighted by atomic mass is 10.0. The smallest absolute Gasteiger partial charge is 0.0158 e. The molecule has 0 heterocycles. The van der Waals surface area contributed by atoms with E-state index < -0.39 is 0 Å². The molecular weight excluding hydrogens is 180 g/mol. The largest absolute Gasteiger partial charge is 0.0870 e. The molecule has 0 aliphatic heterocycles. The summed E-state index contributed by atoms with van der Waals surface area (Å²) in [5.74, 6) is 0. The van der Waals surface area contributed by atoms with Gasteiger partial charge in [0.15, 0.2) is 0 Å². The number of allylic oxidation sites excluding steroid dienone is 3. The maximum absolute atomic E-state index is 2.16. The third kappa shape index (κ3) is 4.16. The summed E-state index contributed by atoms with van der Waals surface area (Å²) in [6.45, 7) is 10.3. The summed E-state index contributed by atoms with van der Waals surface area (Å²) in [4.78, 5) is 0. The lowest BCUT2D eigenvalue weighted by molar-refractivity contribution is 1.50. The van der Waals surface area contributed by atoms with E-state index in [2.05, 4.69) is 56.3 Å². The maximum Gasteiger partial charge on any atom is -0.0158 e. The fourth-order valence-corrected chi connectivity index (χ4v) is 1.34. The molecule has 0 nitrogen and oxygen atoms in total.